The number of aromatic nitrogens is 4. The van der Waals surface area contributed by atoms with E-state index in [1.165, 1.54) is 38.4 Å². The quantitative estimate of drug-likeness (QED) is 0.302. The Morgan fingerprint density at radius 2 is 1.87 bits per heavy atom. The van der Waals surface area contributed by atoms with Gasteiger partial charge in [-0.1, -0.05) is 31.4 Å². The Hall–Kier alpha value is -3.66. The first-order chi connectivity index (χ1) is 18.2. The highest BCUT2D eigenvalue weighted by atomic mass is 32.2. The van der Waals surface area contributed by atoms with Gasteiger partial charge in [-0.25, -0.2) is 18.4 Å². The number of aryl methyl sites for hydroxylation is 2. The van der Waals surface area contributed by atoms with E-state index in [1.807, 2.05) is 42.3 Å². The van der Waals surface area contributed by atoms with Crippen molar-refractivity contribution in [3.05, 3.63) is 60.3 Å². The maximum Gasteiger partial charge on any atom is 0.229 e. The Balaban J connectivity index is 1.31. The van der Waals surface area contributed by atoms with Crippen molar-refractivity contribution < 1.29 is 8.42 Å². The van der Waals surface area contributed by atoms with Crippen molar-refractivity contribution in [1.82, 2.24) is 19.5 Å². The van der Waals surface area contributed by atoms with Crippen LogP contribution in [0, 0.1) is 0 Å². The predicted molar refractivity (Wildman–Crippen MR) is 154 cm³/mol. The monoisotopic (exact) mass is 533 g/mol. The zero-order valence-corrected chi connectivity index (χ0v) is 23.0. The summed E-state index contributed by atoms with van der Waals surface area (Å²) in [5, 5.41) is 6.89. The molecule has 0 amide bonds. The molecule has 200 valence electrons. The maximum atomic E-state index is 11.5. The van der Waals surface area contributed by atoms with Crippen molar-refractivity contribution in [2.45, 2.75) is 44.6 Å². The number of nitrogens with zero attached hydrogens (tertiary/aromatic N) is 5. The molecule has 1 fully saturated rings. The van der Waals surface area contributed by atoms with E-state index in [2.05, 4.69) is 45.4 Å². The molecule has 2 heterocycles. The van der Waals surface area contributed by atoms with Crippen LogP contribution in [-0.2, 0) is 23.3 Å². The van der Waals surface area contributed by atoms with Gasteiger partial charge in [0.15, 0.2) is 0 Å². The highest BCUT2D eigenvalue weighted by Crippen LogP contribution is 2.29. The standard InChI is InChI=1S/C28H35N7O2S/c1-34(23-12-13-25-24(19-23)32-28(35(25)2)31-21-9-5-4-6-10-21)26-14-16-29-27(33-26)30-22-11-7-8-20(18-22)15-17-38(3,36)37/h7-8,11-14,16,18-19,21H,4-6,9-10,15,17H2,1-3H3,(H,31,32)(H,29,30,33). The third-order valence-corrected chi connectivity index (χ3v) is 8.06. The topological polar surface area (TPSA) is 105 Å². The summed E-state index contributed by atoms with van der Waals surface area (Å²) in [5.74, 6) is 2.24. The van der Waals surface area contributed by atoms with Crippen molar-refractivity contribution in [3.8, 4) is 0 Å². The molecular weight excluding hydrogens is 498 g/mol. The van der Waals surface area contributed by atoms with Gasteiger partial charge in [0, 0.05) is 44.0 Å². The lowest BCUT2D eigenvalue weighted by Gasteiger charge is -2.23. The maximum absolute atomic E-state index is 11.5. The second-order valence-electron chi connectivity index (χ2n) is 10.1. The third-order valence-electron chi connectivity index (χ3n) is 7.12. The molecule has 0 bridgehead atoms. The number of benzene rings is 2. The minimum absolute atomic E-state index is 0.117. The van der Waals surface area contributed by atoms with Gasteiger partial charge in [0.25, 0.3) is 0 Å². The Morgan fingerprint density at radius 1 is 1.05 bits per heavy atom. The number of hydrogen-bond donors (Lipinski definition) is 2. The molecule has 2 aromatic heterocycles. The molecule has 2 N–H and O–H groups in total. The summed E-state index contributed by atoms with van der Waals surface area (Å²) in [5.41, 5.74) is 4.75. The van der Waals surface area contributed by atoms with Crippen molar-refractivity contribution in [2.24, 2.45) is 7.05 Å². The van der Waals surface area contributed by atoms with E-state index >= 15 is 0 Å². The first-order valence-corrected chi connectivity index (χ1v) is 15.1. The molecule has 1 saturated carbocycles. The molecule has 2 aromatic carbocycles. The summed E-state index contributed by atoms with van der Waals surface area (Å²) in [6.45, 7) is 0. The van der Waals surface area contributed by atoms with Gasteiger partial charge in [0.2, 0.25) is 11.9 Å². The van der Waals surface area contributed by atoms with Crippen LogP contribution in [0.15, 0.2) is 54.7 Å². The van der Waals surface area contributed by atoms with Crippen LogP contribution in [0.5, 0.6) is 0 Å². The summed E-state index contributed by atoms with van der Waals surface area (Å²) < 4.78 is 25.2. The van der Waals surface area contributed by atoms with E-state index in [9.17, 15) is 8.42 Å². The molecule has 4 aromatic rings. The SMILES string of the molecule is CN(c1ccc2c(c1)nc(NC1CCCCC1)n2C)c1ccnc(Nc2cccc(CCS(C)(=O)=O)c2)n1. The van der Waals surface area contributed by atoms with Crippen LogP contribution in [0.4, 0.5) is 29.1 Å². The van der Waals surface area contributed by atoms with Crippen molar-refractivity contribution in [1.29, 1.82) is 0 Å². The van der Waals surface area contributed by atoms with E-state index in [0.717, 1.165) is 39.7 Å². The number of sulfone groups is 1. The summed E-state index contributed by atoms with van der Waals surface area (Å²) in [4.78, 5) is 16.0. The lowest BCUT2D eigenvalue weighted by molar-refractivity contribution is 0.460. The average molecular weight is 534 g/mol. The van der Waals surface area contributed by atoms with E-state index < -0.39 is 9.84 Å². The number of nitrogens with one attached hydrogen (secondary N) is 2. The van der Waals surface area contributed by atoms with Gasteiger partial charge < -0.3 is 20.1 Å². The molecule has 0 saturated heterocycles. The molecule has 0 radical (unpaired) electrons. The van der Waals surface area contributed by atoms with E-state index in [4.69, 9.17) is 9.97 Å². The fraction of sp³-hybridized carbons (Fsp3) is 0.393. The van der Waals surface area contributed by atoms with Gasteiger partial charge in [-0.15, -0.1) is 0 Å². The van der Waals surface area contributed by atoms with E-state index in [0.29, 0.717) is 18.4 Å². The van der Waals surface area contributed by atoms with Crippen LogP contribution in [0.25, 0.3) is 11.0 Å². The zero-order valence-electron chi connectivity index (χ0n) is 22.2. The number of rotatable bonds is 9. The van der Waals surface area contributed by atoms with Crippen molar-refractivity contribution in [3.63, 3.8) is 0 Å². The number of fused-ring (bicyclic) bond motifs is 1. The van der Waals surface area contributed by atoms with E-state index in [1.54, 1.807) is 6.20 Å². The Labute approximate surface area is 224 Å². The lowest BCUT2D eigenvalue weighted by atomic mass is 9.96. The normalized spacial score (nSPS) is 14.5. The van der Waals surface area contributed by atoms with Gasteiger partial charge in [0.1, 0.15) is 15.7 Å². The van der Waals surface area contributed by atoms with Gasteiger partial charge in [-0.05, 0) is 61.2 Å². The van der Waals surface area contributed by atoms with Gasteiger partial charge >= 0.3 is 0 Å². The first kappa shape index (κ1) is 26.0. The molecule has 10 heteroatoms. The highest BCUT2D eigenvalue weighted by Gasteiger charge is 2.17. The van der Waals surface area contributed by atoms with Gasteiger partial charge in [0.05, 0.1) is 16.8 Å². The minimum atomic E-state index is -3.02. The van der Waals surface area contributed by atoms with Gasteiger partial charge in [-0.3, -0.25) is 0 Å². The molecule has 0 atom stereocenters. The van der Waals surface area contributed by atoms with Crippen LogP contribution in [0.1, 0.15) is 37.7 Å². The zero-order chi connectivity index (χ0) is 26.7. The smallest absolute Gasteiger partial charge is 0.229 e. The molecule has 0 aliphatic heterocycles. The molecule has 9 nitrogen and oxygen atoms in total. The lowest BCUT2D eigenvalue weighted by Crippen LogP contribution is -2.23. The molecular formula is C28H35N7O2S. The molecule has 0 spiro atoms. The van der Waals surface area contributed by atoms with Crippen LogP contribution < -0.4 is 15.5 Å². The fourth-order valence-electron chi connectivity index (χ4n) is 4.92. The third kappa shape index (κ3) is 6.24. The number of anilines is 5. The summed E-state index contributed by atoms with van der Waals surface area (Å²) in [7, 11) is 1.02. The Bertz CT molecular complexity index is 1530. The second-order valence-corrected chi connectivity index (χ2v) is 12.4. The van der Waals surface area contributed by atoms with Crippen molar-refractivity contribution >= 4 is 50.0 Å². The highest BCUT2D eigenvalue weighted by molar-refractivity contribution is 7.90. The summed E-state index contributed by atoms with van der Waals surface area (Å²) in [6, 6.07) is 16.3. The summed E-state index contributed by atoms with van der Waals surface area (Å²) in [6.07, 6.45) is 9.73. The Morgan fingerprint density at radius 3 is 2.66 bits per heavy atom. The van der Waals surface area contributed by atoms with Crippen LogP contribution in [0.2, 0.25) is 0 Å². The van der Waals surface area contributed by atoms with Gasteiger partial charge in [-0.2, -0.15) is 4.98 Å². The van der Waals surface area contributed by atoms with Crippen LogP contribution >= 0.6 is 0 Å². The molecule has 0 unspecified atom stereocenters. The summed E-state index contributed by atoms with van der Waals surface area (Å²) >= 11 is 0. The fourth-order valence-corrected chi connectivity index (χ4v) is 5.53. The molecule has 1 aliphatic carbocycles. The predicted octanol–water partition coefficient (Wildman–Crippen LogP) is 5.21. The number of imidazole rings is 1. The first-order valence-electron chi connectivity index (χ1n) is 13.1. The Kier molecular flexibility index (Phi) is 7.51. The average Bonchev–Trinajstić information content (AvgIpc) is 3.22. The molecule has 5 rings (SSSR count). The minimum Gasteiger partial charge on any atom is -0.353 e. The van der Waals surface area contributed by atoms with Crippen LogP contribution in [0.3, 0.4) is 0 Å². The molecule has 1 aliphatic rings. The van der Waals surface area contributed by atoms with Crippen molar-refractivity contribution in [2.75, 3.05) is 34.6 Å². The number of hydrogen-bond acceptors (Lipinski definition) is 8. The van der Waals surface area contributed by atoms with Crippen LogP contribution in [-0.4, -0.2) is 53.0 Å². The molecule has 38 heavy (non-hydrogen) atoms. The van der Waals surface area contributed by atoms with E-state index in [-0.39, 0.29) is 5.75 Å². The largest absolute Gasteiger partial charge is 0.353 e. The second kappa shape index (κ2) is 11.0.